The van der Waals surface area contributed by atoms with Crippen LogP contribution in [-0.4, -0.2) is 33.7 Å². The average molecular weight is 493 g/mol. The fourth-order valence-corrected chi connectivity index (χ4v) is 4.73. The predicted octanol–water partition coefficient (Wildman–Crippen LogP) is 5.78. The third-order valence-corrected chi connectivity index (χ3v) is 6.63. The van der Waals surface area contributed by atoms with Crippen molar-refractivity contribution in [2.45, 2.75) is 45.4 Å². The lowest BCUT2D eigenvalue weighted by atomic mass is 9.86. The van der Waals surface area contributed by atoms with Crippen LogP contribution in [0.15, 0.2) is 53.5 Å². The first kappa shape index (κ1) is 24.4. The van der Waals surface area contributed by atoms with Gasteiger partial charge in [0.2, 0.25) is 5.88 Å². The van der Waals surface area contributed by atoms with Gasteiger partial charge in [-0.05, 0) is 54.9 Å². The molecule has 0 saturated heterocycles. The van der Waals surface area contributed by atoms with Crippen molar-refractivity contribution in [1.29, 1.82) is 0 Å². The van der Waals surface area contributed by atoms with Crippen LogP contribution in [0.4, 0.5) is 15.6 Å². The van der Waals surface area contributed by atoms with E-state index >= 15 is 0 Å². The Morgan fingerprint density at radius 1 is 1.09 bits per heavy atom. The second kappa shape index (κ2) is 11.6. The van der Waals surface area contributed by atoms with E-state index in [2.05, 4.69) is 51.8 Å². The van der Waals surface area contributed by atoms with Crippen LogP contribution in [0.25, 0.3) is 5.57 Å². The Balaban J connectivity index is 1.34. The Morgan fingerprint density at radius 2 is 1.89 bits per heavy atom. The molecular weight excluding hydrogens is 464 g/mol. The molecule has 0 bridgehead atoms. The highest BCUT2D eigenvalue weighted by molar-refractivity contribution is 7.13. The number of benzene rings is 1. The van der Waals surface area contributed by atoms with Gasteiger partial charge in [0.15, 0.2) is 5.13 Å². The fraction of sp³-hybridized carbons (Fsp3) is 0.308. The summed E-state index contributed by atoms with van der Waals surface area (Å²) in [5.74, 6) is 0.361. The van der Waals surface area contributed by atoms with E-state index in [4.69, 9.17) is 9.84 Å². The molecule has 0 radical (unpaired) electrons. The maximum absolute atomic E-state index is 13.1. The number of aromatic nitrogens is 2. The van der Waals surface area contributed by atoms with Crippen molar-refractivity contribution in [3.8, 4) is 5.88 Å². The molecule has 0 fully saturated rings. The van der Waals surface area contributed by atoms with E-state index in [1.165, 1.54) is 16.9 Å². The molecule has 3 aromatic rings. The monoisotopic (exact) mass is 492 g/mol. The van der Waals surface area contributed by atoms with Gasteiger partial charge in [-0.25, -0.2) is 14.8 Å². The lowest BCUT2D eigenvalue weighted by molar-refractivity contribution is -0.113. The smallest absolute Gasteiger partial charge is 0.410 e. The highest BCUT2D eigenvalue weighted by atomic mass is 32.1. The summed E-state index contributed by atoms with van der Waals surface area (Å²) in [6.45, 7) is 2.48. The summed E-state index contributed by atoms with van der Waals surface area (Å²) in [5, 5.41) is 16.1. The molecule has 0 aliphatic heterocycles. The van der Waals surface area contributed by atoms with Crippen molar-refractivity contribution >= 4 is 39.7 Å². The summed E-state index contributed by atoms with van der Waals surface area (Å²) in [4.78, 5) is 32.2. The van der Waals surface area contributed by atoms with E-state index in [-0.39, 0.29) is 5.91 Å². The quantitative estimate of drug-likeness (QED) is 0.349. The molecule has 0 spiro atoms. The van der Waals surface area contributed by atoms with Crippen molar-refractivity contribution in [2.24, 2.45) is 0 Å². The lowest BCUT2D eigenvalue weighted by Crippen LogP contribution is -2.18. The molecule has 2 heterocycles. The standard InChI is InChI=1S/C26H28N4O4S/c1-2-17-7-9-18(10-8-17)21-5-3-4-6-22(21)24(31)28-19-11-12-23(27-15-19)34-14-13-20-16-35-25(29-20)30-26(32)33/h7-12,15-16H,2-6,13-14H2,1H3,(H,28,31)(H,29,30)(H,32,33). The van der Waals surface area contributed by atoms with Crippen LogP contribution in [-0.2, 0) is 17.6 Å². The molecule has 4 rings (SSSR count). The second-order valence-corrected chi connectivity index (χ2v) is 9.08. The Bertz CT molecular complexity index is 1200. The largest absolute Gasteiger partial charge is 0.477 e. The number of hydrogen-bond donors (Lipinski definition) is 3. The molecule has 182 valence electrons. The number of nitrogens with one attached hydrogen (secondary N) is 2. The van der Waals surface area contributed by atoms with Gasteiger partial charge < -0.3 is 15.2 Å². The molecule has 1 aliphatic rings. The number of thiazole rings is 1. The fourth-order valence-electron chi connectivity index (χ4n) is 3.99. The van der Waals surface area contributed by atoms with Crippen LogP contribution < -0.4 is 15.4 Å². The van der Waals surface area contributed by atoms with Gasteiger partial charge in [-0.3, -0.25) is 10.1 Å². The van der Waals surface area contributed by atoms with Crippen LogP contribution >= 0.6 is 11.3 Å². The van der Waals surface area contributed by atoms with Crippen LogP contribution in [0.2, 0.25) is 0 Å². The summed E-state index contributed by atoms with van der Waals surface area (Å²) in [5.41, 5.74) is 5.75. The average Bonchev–Trinajstić information content (AvgIpc) is 3.31. The highest BCUT2D eigenvalue weighted by Crippen LogP contribution is 2.33. The van der Waals surface area contributed by atoms with Crippen LogP contribution in [0, 0.1) is 0 Å². The molecule has 1 aromatic carbocycles. The minimum absolute atomic E-state index is 0.0796. The zero-order valence-electron chi connectivity index (χ0n) is 19.5. The molecule has 35 heavy (non-hydrogen) atoms. The maximum atomic E-state index is 13.1. The molecule has 2 amide bonds. The molecule has 3 N–H and O–H groups in total. The molecule has 0 unspecified atom stereocenters. The number of hydrogen-bond acceptors (Lipinski definition) is 6. The summed E-state index contributed by atoms with van der Waals surface area (Å²) in [6, 6.07) is 12.0. The van der Waals surface area contributed by atoms with E-state index in [9.17, 15) is 9.59 Å². The number of ether oxygens (including phenoxy) is 1. The van der Waals surface area contributed by atoms with E-state index in [1.54, 1.807) is 23.7 Å². The van der Waals surface area contributed by atoms with Gasteiger partial charge in [0.25, 0.3) is 5.91 Å². The number of anilines is 2. The second-order valence-electron chi connectivity index (χ2n) is 8.23. The van der Waals surface area contributed by atoms with Gasteiger partial charge in [-0.2, -0.15) is 0 Å². The predicted molar refractivity (Wildman–Crippen MR) is 137 cm³/mol. The third kappa shape index (κ3) is 6.66. The number of pyridine rings is 1. The van der Waals surface area contributed by atoms with Gasteiger partial charge >= 0.3 is 6.09 Å². The van der Waals surface area contributed by atoms with Crippen molar-refractivity contribution in [2.75, 3.05) is 17.2 Å². The van der Waals surface area contributed by atoms with E-state index < -0.39 is 6.09 Å². The first-order chi connectivity index (χ1) is 17.0. The zero-order chi connectivity index (χ0) is 24.6. The maximum Gasteiger partial charge on any atom is 0.410 e. The van der Waals surface area contributed by atoms with Gasteiger partial charge in [0.1, 0.15) is 0 Å². The minimum atomic E-state index is -1.14. The summed E-state index contributed by atoms with van der Waals surface area (Å²) in [7, 11) is 0. The summed E-state index contributed by atoms with van der Waals surface area (Å²) >= 11 is 1.23. The Morgan fingerprint density at radius 3 is 2.60 bits per heavy atom. The van der Waals surface area contributed by atoms with Crippen LogP contribution in [0.3, 0.4) is 0 Å². The molecule has 2 aromatic heterocycles. The Hall–Kier alpha value is -3.72. The number of carboxylic acid groups (broad SMARTS) is 1. The minimum Gasteiger partial charge on any atom is -0.477 e. The normalized spacial score (nSPS) is 13.4. The highest BCUT2D eigenvalue weighted by Gasteiger charge is 2.20. The number of allylic oxidation sites excluding steroid dienone is 1. The number of carbonyl (C=O) groups excluding carboxylic acids is 1. The van der Waals surface area contributed by atoms with E-state index in [1.807, 2.05) is 0 Å². The molecule has 0 atom stereocenters. The van der Waals surface area contributed by atoms with E-state index in [0.717, 1.165) is 54.5 Å². The van der Waals surface area contributed by atoms with Gasteiger partial charge in [0, 0.05) is 23.4 Å². The van der Waals surface area contributed by atoms with Crippen molar-refractivity contribution in [3.63, 3.8) is 0 Å². The number of aryl methyl sites for hydroxylation is 1. The van der Waals surface area contributed by atoms with Crippen molar-refractivity contribution < 1.29 is 19.4 Å². The molecular formula is C26H28N4O4S. The number of carbonyl (C=O) groups is 2. The Labute approximate surface area is 208 Å². The van der Waals surface area contributed by atoms with Crippen molar-refractivity contribution in [1.82, 2.24) is 9.97 Å². The molecule has 9 heteroatoms. The zero-order valence-corrected chi connectivity index (χ0v) is 20.4. The van der Waals surface area contributed by atoms with Crippen molar-refractivity contribution in [3.05, 3.63) is 70.4 Å². The number of rotatable bonds is 9. The first-order valence-corrected chi connectivity index (χ1v) is 12.6. The third-order valence-electron chi connectivity index (χ3n) is 5.82. The SMILES string of the molecule is CCc1ccc(C2=C(C(=O)Nc3ccc(OCCc4csc(NC(=O)O)n4)nc3)CCCC2)cc1. The number of amides is 2. The van der Waals surface area contributed by atoms with Gasteiger partial charge in [0.05, 0.1) is 24.2 Å². The van der Waals surface area contributed by atoms with E-state index in [0.29, 0.717) is 29.7 Å². The first-order valence-electron chi connectivity index (χ1n) is 11.7. The molecule has 0 saturated carbocycles. The number of nitrogens with zero attached hydrogens (tertiary/aromatic N) is 2. The topological polar surface area (TPSA) is 113 Å². The molecule has 8 nitrogen and oxygen atoms in total. The lowest BCUT2D eigenvalue weighted by Gasteiger charge is -2.20. The summed E-state index contributed by atoms with van der Waals surface area (Å²) in [6.07, 6.45) is 5.75. The van der Waals surface area contributed by atoms with Gasteiger partial charge in [-0.1, -0.05) is 31.2 Å². The van der Waals surface area contributed by atoms with Crippen LogP contribution in [0.5, 0.6) is 5.88 Å². The van der Waals surface area contributed by atoms with Crippen LogP contribution in [0.1, 0.15) is 49.4 Å². The van der Waals surface area contributed by atoms with Gasteiger partial charge in [-0.15, -0.1) is 11.3 Å². The summed E-state index contributed by atoms with van der Waals surface area (Å²) < 4.78 is 5.67. The molecule has 1 aliphatic carbocycles. The Kier molecular flexibility index (Phi) is 8.10.